The summed E-state index contributed by atoms with van der Waals surface area (Å²) in [5.41, 5.74) is 1.70. The zero-order chi connectivity index (χ0) is 7.41. The Morgan fingerprint density at radius 3 is 2.20 bits per heavy atom. The van der Waals surface area contributed by atoms with Crippen LogP contribution in [0.3, 0.4) is 0 Å². The van der Waals surface area contributed by atoms with Crippen molar-refractivity contribution in [1.82, 2.24) is 0 Å². The van der Waals surface area contributed by atoms with E-state index < -0.39 is 0 Å². The molecule has 0 amide bonds. The molecule has 0 spiro atoms. The maximum Gasteiger partial charge on any atom is -0.0207 e. The number of fused-ring (bicyclic) bond motifs is 1. The molecule has 0 aromatic heterocycles. The van der Waals surface area contributed by atoms with Crippen molar-refractivity contribution in [2.45, 2.75) is 46.5 Å². The predicted octanol–water partition coefficient (Wildman–Crippen LogP) is 3.22. The van der Waals surface area contributed by atoms with E-state index in [0.717, 1.165) is 16.7 Å². The third-order valence-electron chi connectivity index (χ3n) is 4.03. The molecular formula is C10H18. The highest BCUT2D eigenvalue weighted by atomic mass is 14.8. The summed E-state index contributed by atoms with van der Waals surface area (Å²) in [7, 11) is 0. The zero-order valence-electron chi connectivity index (χ0n) is 7.41. The lowest BCUT2D eigenvalue weighted by molar-refractivity contribution is 0.387. The maximum atomic E-state index is 2.46. The molecule has 2 saturated carbocycles. The lowest BCUT2D eigenvalue weighted by Crippen LogP contribution is -2.02. The van der Waals surface area contributed by atoms with Crippen LogP contribution in [0.15, 0.2) is 0 Å². The zero-order valence-corrected chi connectivity index (χ0v) is 7.41. The molecule has 0 bridgehead atoms. The molecule has 0 aromatic rings. The van der Waals surface area contributed by atoms with Crippen LogP contribution in [0.4, 0.5) is 0 Å². The molecule has 10 heavy (non-hydrogen) atoms. The number of rotatable bonds is 3. The van der Waals surface area contributed by atoms with Crippen LogP contribution in [0.25, 0.3) is 0 Å². The second-order valence-electron chi connectivity index (χ2n) is 4.76. The van der Waals surface area contributed by atoms with Crippen molar-refractivity contribution in [3.05, 3.63) is 0 Å². The molecule has 1 unspecified atom stereocenters. The first-order valence-electron chi connectivity index (χ1n) is 4.65. The quantitative estimate of drug-likeness (QED) is 0.561. The number of hydrogen-bond acceptors (Lipinski definition) is 0. The summed E-state index contributed by atoms with van der Waals surface area (Å²) in [4.78, 5) is 0. The molecule has 0 radical (unpaired) electrons. The summed E-state index contributed by atoms with van der Waals surface area (Å²) < 4.78 is 0. The molecule has 2 aliphatic carbocycles. The Bertz CT molecular complexity index is 151. The van der Waals surface area contributed by atoms with Gasteiger partial charge < -0.3 is 0 Å². The van der Waals surface area contributed by atoms with Crippen molar-refractivity contribution in [3.8, 4) is 0 Å². The maximum absolute atomic E-state index is 2.46. The van der Waals surface area contributed by atoms with E-state index in [-0.39, 0.29) is 0 Å². The van der Waals surface area contributed by atoms with Crippen LogP contribution in [0, 0.1) is 16.7 Å². The van der Waals surface area contributed by atoms with Gasteiger partial charge >= 0.3 is 0 Å². The van der Waals surface area contributed by atoms with Crippen LogP contribution in [0.2, 0.25) is 0 Å². The van der Waals surface area contributed by atoms with E-state index in [4.69, 9.17) is 0 Å². The average molecular weight is 138 g/mol. The van der Waals surface area contributed by atoms with Crippen LogP contribution in [-0.2, 0) is 0 Å². The van der Waals surface area contributed by atoms with Gasteiger partial charge in [0.1, 0.15) is 0 Å². The first kappa shape index (κ1) is 6.69. The van der Waals surface area contributed by atoms with E-state index >= 15 is 0 Å². The van der Waals surface area contributed by atoms with Gasteiger partial charge in [-0.1, -0.05) is 33.6 Å². The smallest absolute Gasteiger partial charge is 0.0207 e. The molecule has 2 rings (SSSR count). The molecular weight excluding hydrogens is 120 g/mol. The lowest BCUT2D eigenvalue weighted by atomic mass is 9.94. The second-order valence-corrected chi connectivity index (χ2v) is 4.76. The Morgan fingerprint density at radius 2 is 1.90 bits per heavy atom. The van der Waals surface area contributed by atoms with Gasteiger partial charge in [0.05, 0.1) is 0 Å². The summed E-state index contributed by atoms with van der Waals surface area (Å²) in [6.07, 6.45) is 5.91. The Hall–Kier alpha value is 0. The minimum atomic E-state index is 0.835. The van der Waals surface area contributed by atoms with E-state index in [1.54, 1.807) is 12.8 Å². The Morgan fingerprint density at radius 1 is 1.40 bits per heavy atom. The van der Waals surface area contributed by atoms with Gasteiger partial charge in [0.2, 0.25) is 0 Å². The van der Waals surface area contributed by atoms with Crippen LogP contribution >= 0.6 is 0 Å². The van der Waals surface area contributed by atoms with Gasteiger partial charge in [0, 0.05) is 0 Å². The van der Waals surface area contributed by atoms with Crippen LogP contribution in [0.5, 0.6) is 0 Å². The summed E-state index contributed by atoms with van der Waals surface area (Å²) in [5, 5.41) is 0. The van der Waals surface area contributed by atoms with Crippen LogP contribution in [-0.4, -0.2) is 0 Å². The standard InChI is InChI=1S/C10H18/c1-4-5-8(2)10-6-9(10,3)7-10/h8H,4-7H2,1-3H3. The summed E-state index contributed by atoms with van der Waals surface area (Å²) in [6, 6.07) is 0. The monoisotopic (exact) mass is 138 g/mol. The average Bonchev–Trinajstić information content (AvgIpc) is 2.53. The molecule has 58 valence electrons. The van der Waals surface area contributed by atoms with Gasteiger partial charge in [0.15, 0.2) is 0 Å². The van der Waals surface area contributed by atoms with Crippen molar-refractivity contribution < 1.29 is 0 Å². The molecule has 1 atom stereocenters. The molecule has 0 aromatic carbocycles. The van der Waals surface area contributed by atoms with E-state index in [0.29, 0.717) is 0 Å². The van der Waals surface area contributed by atoms with Gasteiger partial charge in [0.25, 0.3) is 0 Å². The van der Waals surface area contributed by atoms with E-state index in [2.05, 4.69) is 20.8 Å². The van der Waals surface area contributed by atoms with Gasteiger partial charge in [-0.15, -0.1) is 0 Å². The summed E-state index contributed by atoms with van der Waals surface area (Å²) in [5.74, 6) is 1.02. The molecule has 2 aliphatic rings. The Balaban J connectivity index is 1.91. The molecule has 2 fully saturated rings. The van der Waals surface area contributed by atoms with Crippen molar-refractivity contribution in [2.24, 2.45) is 16.7 Å². The second kappa shape index (κ2) is 1.60. The van der Waals surface area contributed by atoms with Crippen molar-refractivity contribution in [3.63, 3.8) is 0 Å². The fourth-order valence-corrected chi connectivity index (χ4v) is 2.90. The van der Waals surface area contributed by atoms with Gasteiger partial charge in [-0.3, -0.25) is 0 Å². The van der Waals surface area contributed by atoms with Crippen molar-refractivity contribution >= 4 is 0 Å². The van der Waals surface area contributed by atoms with Crippen LogP contribution in [0.1, 0.15) is 46.5 Å². The third-order valence-corrected chi connectivity index (χ3v) is 4.03. The largest absolute Gasteiger partial charge is 0.0654 e. The van der Waals surface area contributed by atoms with Gasteiger partial charge in [-0.25, -0.2) is 0 Å². The topological polar surface area (TPSA) is 0 Å². The van der Waals surface area contributed by atoms with Crippen molar-refractivity contribution in [2.75, 3.05) is 0 Å². The third kappa shape index (κ3) is 0.580. The van der Waals surface area contributed by atoms with E-state index in [1.165, 1.54) is 12.8 Å². The molecule has 0 heterocycles. The Kier molecular flexibility index (Phi) is 1.07. The van der Waals surface area contributed by atoms with E-state index in [1.807, 2.05) is 0 Å². The Labute approximate surface area is 64.0 Å². The van der Waals surface area contributed by atoms with E-state index in [9.17, 15) is 0 Å². The molecule has 0 heteroatoms. The normalized spacial score (nSPS) is 51.9. The van der Waals surface area contributed by atoms with Gasteiger partial charge in [-0.05, 0) is 29.6 Å². The molecule has 0 saturated heterocycles. The first-order chi connectivity index (χ1) is 4.65. The molecule has 0 nitrogen and oxygen atoms in total. The minimum Gasteiger partial charge on any atom is -0.0654 e. The molecule has 0 N–H and O–H groups in total. The lowest BCUT2D eigenvalue weighted by Gasteiger charge is -2.11. The predicted molar refractivity (Wildman–Crippen MR) is 43.8 cm³/mol. The fourth-order valence-electron chi connectivity index (χ4n) is 2.90. The van der Waals surface area contributed by atoms with Crippen LogP contribution < -0.4 is 0 Å². The number of hydrogen-bond donors (Lipinski definition) is 0. The summed E-state index contributed by atoms with van der Waals surface area (Å²) in [6.45, 7) is 7.20. The SMILES string of the molecule is CCCC(C)C12CC1(C)C2. The fraction of sp³-hybridized carbons (Fsp3) is 1.00. The highest BCUT2D eigenvalue weighted by Gasteiger charge is 2.80. The summed E-state index contributed by atoms with van der Waals surface area (Å²) >= 11 is 0. The highest BCUT2D eigenvalue weighted by Crippen LogP contribution is 2.89. The van der Waals surface area contributed by atoms with Gasteiger partial charge in [-0.2, -0.15) is 0 Å². The minimum absolute atomic E-state index is 0.835. The highest BCUT2D eigenvalue weighted by molar-refractivity contribution is 5.29. The molecule has 0 aliphatic heterocycles. The van der Waals surface area contributed by atoms with Crippen molar-refractivity contribution in [1.29, 1.82) is 0 Å². The first-order valence-corrected chi connectivity index (χ1v) is 4.65.